The lowest BCUT2D eigenvalue weighted by Gasteiger charge is -2.18. The molecule has 1 rings (SSSR count). The Morgan fingerprint density at radius 1 is 1.31 bits per heavy atom. The fourth-order valence-corrected chi connectivity index (χ4v) is 1.97. The molecule has 1 aromatic rings. The van der Waals surface area contributed by atoms with Gasteiger partial charge in [0.1, 0.15) is 0 Å². The highest BCUT2D eigenvalue weighted by Gasteiger charge is 2.10. The van der Waals surface area contributed by atoms with Gasteiger partial charge < -0.3 is 10.1 Å². The molecule has 1 atom stereocenters. The van der Waals surface area contributed by atoms with Gasteiger partial charge in [0.25, 0.3) is 0 Å². The summed E-state index contributed by atoms with van der Waals surface area (Å²) in [6, 6.07) is 8.65. The molecule has 2 nitrogen and oxygen atoms in total. The minimum absolute atomic E-state index is 0.609. The van der Waals surface area contributed by atoms with Gasteiger partial charge in [-0.3, -0.25) is 0 Å². The molecule has 0 aliphatic rings. The maximum Gasteiger partial charge on any atom is 0.0587 e. The first-order chi connectivity index (χ1) is 7.79. The third kappa shape index (κ3) is 3.95. The van der Waals surface area contributed by atoms with Gasteiger partial charge in [-0.05, 0) is 30.4 Å². The van der Waals surface area contributed by atoms with Gasteiger partial charge in [-0.15, -0.1) is 0 Å². The van der Waals surface area contributed by atoms with E-state index >= 15 is 0 Å². The number of methoxy groups -OCH3 is 1. The summed E-state index contributed by atoms with van der Waals surface area (Å²) in [5, 5.41) is 3.44. The van der Waals surface area contributed by atoms with E-state index in [9.17, 15) is 0 Å². The van der Waals surface area contributed by atoms with E-state index in [1.807, 2.05) is 0 Å². The molecule has 0 radical (unpaired) electrons. The molecule has 0 heterocycles. The zero-order chi connectivity index (χ0) is 11.8. The Bertz CT molecular complexity index is 299. The SMILES string of the molecule is CCC(CNCCOC)c1ccccc1C. The van der Waals surface area contributed by atoms with Crippen LogP contribution in [-0.2, 0) is 4.74 Å². The topological polar surface area (TPSA) is 21.3 Å². The zero-order valence-corrected chi connectivity index (χ0v) is 10.6. The van der Waals surface area contributed by atoms with Gasteiger partial charge in [-0.2, -0.15) is 0 Å². The first kappa shape index (κ1) is 13.2. The molecule has 1 unspecified atom stereocenters. The van der Waals surface area contributed by atoms with Crippen LogP contribution in [0, 0.1) is 6.92 Å². The largest absolute Gasteiger partial charge is 0.383 e. The summed E-state index contributed by atoms with van der Waals surface area (Å²) in [4.78, 5) is 0. The summed E-state index contributed by atoms with van der Waals surface area (Å²) in [5.41, 5.74) is 2.86. The van der Waals surface area contributed by atoms with E-state index in [1.54, 1.807) is 7.11 Å². The maximum atomic E-state index is 5.02. The Balaban J connectivity index is 2.51. The average molecular weight is 221 g/mol. The second kappa shape index (κ2) is 7.42. The van der Waals surface area contributed by atoms with Gasteiger partial charge >= 0.3 is 0 Å². The Hall–Kier alpha value is -0.860. The van der Waals surface area contributed by atoms with Gasteiger partial charge in [0, 0.05) is 20.2 Å². The molecule has 0 spiro atoms. The van der Waals surface area contributed by atoms with Crippen molar-refractivity contribution >= 4 is 0 Å². The normalized spacial score (nSPS) is 12.7. The van der Waals surface area contributed by atoms with E-state index in [4.69, 9.17) is 4.74 Å². The molecule has 0 aliphatic carbocycles. The number of aryl methyl sites for hydroxylation is 1. The van der Waals surface area contributed by atoms with Crippen LogP contribution in [0.4, 0.5) is 0 Å². The van der Waals surface area contributed by atoms with Crippen LogP contribution >= 0.6 is 0 Å². The molecule has 90 valence electrons. The summed E-state index contributed by atoms with van der Waals surface area (Å²) >= 11 is 0. The minimum Gasteiger partial charge on any atom is -0.383 e. The monoisotopic (exact) mass is 221 g/mol. The van der Waals surface area contributed by atoms with Gasteiger partial charge in [0.2, 0.25) is 0 Å². The van der Waals surface area contributed by atoms with Crippen LogP contribution in [0.5, 0.6) is 0 Å². The molecule has 1 aromatic carbocycles. The molecule has 1 N–H and O–H groups in total. The third-order valence-corrected chi connectivity index (χ3v) is 2.99. The molecular weight excluding hydrogens is 198 g/mol. The quantitative estimate of drug-likeness (QED) is 0.715. The van der Waals surface area contributed by atoms with Crippen molar-refractivity contribution in [1.82, 2.24) is 5.32 Å². The number of hydrogen-bond acceptors (Lipinski definition) is 2. The Labute approximate surface area is 99.0 Å². The van der Waals surface area contributed by atoms with E-state index in [2.05, 4.69) is 43.4 Å². The number of nitrogens with one attached hydrogen (secondary N) is 1. The van der Waals surface area contributed by atoms with Crippen molar-refractivity contribution in [2.45, 2.75) is 26.2 Å². The summed E-state index contributed by atoms with van der Waals surface area (Å²) in [5.74, 6) is 0.609. The standard InChI is InChI=1S/C14H23NO/c1-4-13(11-15-9-10-16-3)14-8-6-5-7-12(14)2/h5-8,13,15H,4,9-11H2,1-3H3. The predicted molar refractivity (Wildman–Crippen MR) is 69.0 cm³/mol. The van der Waals surface area contributed by atoms with Crippen molar-refractivity contribution in [1.29, 1.82) is 0 Å². The summed E-state index contributed by atoms with van der Waals surface area (Å²) < 4.78 is 5.02. The lowest BCUT2D eigenvalue weighted by atomic mass is 9.92. The highest BCUT2D eigenvalue weighted by atomic mass is 16.5. The average Bonchev–Trinajstić information content (AvgIpc) is 2.31. The van der Waals surface area contributed by atoms with Gasteiger partial charge in [0.05, 0.1) is 6.61 Å². The molecule has 0 saturated heterocycles. The van der Waals surface area contributed by atoms with Gasteiger partial charge in [0.15, 0.2) is 0 Å². The summed E-state index contributed by atoms with van der Waals surface area (Å²) in [7, 11) is 1.74. The highest BCUT2D eigenvalue weighted by molar-refractivity contribution is 5.29. The summed E-state index contributed by atoms with van der Waals surface area (Å²) in [6.07, 6.45) is 1.17. The third-order valence-electron chi connectivity index (χ3n) is 2.99. The lowest BCUT2D eigenvalue weighted by molar-refractivity contribution is 0.199. The van der Waals surface area contributed by atoms with E-state index in [-0.39, 0.29) is 0 Å². The minimum atomic E-state index is 0.609. The molecule has 0 amide bonds. The molecule has 16 heavy (non-hydrogen) atoms. The molecule has 0 fully saturated rings. The van der Waals surface area contributed by atoms with Gasteiger partial charge in [-0.25, -0.2) is 0 Å². The fraction of sp³-hybridized carbons (Fsp3) is 0.571. The zero-order valence-electron chi connectivity index (χ0n) is 10.6. The van der Waals surface area contributed by atoms with E-state index in [1.165, 1.54) is 17.5 Å². The molecule has 0 saturated carbocycles. The Morgan fingerprint density at radius 3 is 2.69 bits per heavy atom. The van der Waals surface area contributed by atoms with Crippen LogP contribution in [0.3, 0.4) is 0 Å². The van der Waals surface area contributed by atoms with E-state index in [0.717, 1.165) is 19.7 Å². The second-order valence-corrected chi connectivity index (χ2v) is 4.16. The van der Waals surface area contributed by atoms with Crippen molar-refractivity contribution in [3.8, 4) is 0 Å². The van der Waals surface area contributed by atoms with Crippen LogP contribution in [0.2, 0.25) is 0 Å². The number of rotatable bonds is 7. The Morgan fingerprint density at radius 2 is 2.06 bits per heavy atom. The van der Waals surface area contributed by atoms with Crippen molar-refractivity contribution in [3.05, 3.63) is 35.4 Å². The lowest BCUT2D eigenvalue weighted by Crippen LogP contribution is -2.25. The van der Waals surface area contributed by atoms with Gasteiger partial charge in [-0.1, -0.05) is 31.2 Å². The van der Waals surface area contributed by atoms with Crippen LogP contribution < -0.4 is 5.32 Å². The van der Waals surface area contributed by atoms with Crippen LogP contribution in [0.25, 0.3) is 0 Å². The van der Waals surface area contributed by atoms with Crippen LogP contribution in [0.1, 0.15) is 30.4 Å². The molecule has 0 aromatic heterocycles. The molecule has 2 heteroatoms. The summed E-state index contributed by atoms with van der Waals surface area (Å²) in [6.45, 7) is 7.18. The van der Waals surface area contributed by atoms with E-state index < -0.39 is 0 Å². The number of ether oxygens (including phenoxy) is 1. The highest BCUT2D eigenvalue weighted by Crippen LogP contribution is 2.21. The van der Waals surface area contributed by atoms with E-state index in [0.29, 0.717) is 5.92 Å². The second-order valence-electron chi connectivity index (χ2n) is 4.16. The molecular formula is C14H23NO. The maximum absolute atomic E-state index is 5.02. The number of hydrogen-bond donors (Lipinski definition) is 1. The van der Waals surface area contributed by atoms with Crippen molar-refractivity contribution in [2.75, 3.05) is 26.8 Å². The first-order valence-electron chi connectivity index (χ1n) is 6.04. The van der Waals surface area contributed by atoms with Crippen molar-refractivity contribution in [2.24, 2.45) is 0 Å². The number of benzene rings is 1. The fourth-order valence-electron chi connectivity index (χ4n) is 1.97. The Kier molecular flexibility index (Phi) is 6.12. The van der Waals surface area contributed by atoms with Crippen LogP contribution in [0.15, 0.2) is 24.3 Å². The van der Waals surface area contributed by atoms with Crippen LogP contribution in [-0.4, -0.2) is 26.8 Å². The predicted octanol–water partition coefficient (Wildman–Crippen LogP) is 2.72. The smallest absolute Gasteiger partial charge is 0.0587 e. The van der Waals surface area contributed by atoms with Crippen molar-refractivity contribution in [3.63, 3.8) is 0 Å². The molecule has 0 aliphatic heterocycles. The van der Waals surface area contributed by atoms with Crippen molar-refractivity contribution < 1.29 is 4.74 Å². The molecule has 0 bridgehead atoms. The first-order valence-corrected chi connectivity index (χ1v) is 6.04.